The summed E-state index contributed by atoms with van der Waals surface area (Å²) in [7, 11) is 3.88. The summed E-state index contributed by atoms with van der Waals surface area (Å²) in [4.78, 5) is 32.1. The maximum absolute atomic E-state index is 13.2. The smallest absolute Gasteiger partial charge is 0.419 e. The van der Waals surface area contributed by atoms with Crippen LogP contribution in [0.4, 0.5) is 5.69 Å². The number of nitrogens with one attached hydrogen (secondary N) is 1. The van der Waals surface area contributed by atoms with Gasteiger partial charge in [-0.3, -0.25) is 9.36 Å². The highest BCUT2D eigenvalue weighted by atomic mass is 16.5. The average Bonchev–Trinajstić information content (AvgIpc) is 3.42. The minimum atomic E-state index is -0.420. The molecule has 184 valence electrons. The number of ether oxygens (including phenoxy) is 1. The second-order valence-corrected chi connectivity index (χ2v) is 8.90. The predicted octanol–water partition coefficient (Wildman–Crippen LogP) is 3.94. The largest absolute Gasteiger partial charge is 0.486 e. The van der Waals surface area contributed by atoms with Gasteiger partial charge in [-0.25, -0.2) is 9.78 Å². The van der Waals surface area contributed by atoms with Crippen molar-refractivity contribution in [1.29, 1.82) is 0 Å². The van der Waals surface area contributed by atoms with E-state index in [0.29, 0.717) is 41.2 Å². The minimum Gasteiger partial charge on any atom is -0.486 e. The number of nitrogens with zero attached hydrogens (tertiary/aromatic N) is 4. The normalized spacial score (nSPS) is 11.4. The second kappa shape index (κ2) is 9.71. The van der Waals surface area contributed by atoms with Gasteiger partial charge in [-0.05, 0) is 63.0 Å². The van der Waals surface area contributed by atoms with Crippen molar-refractivity contribution >= 4 is 28.3 Å². The van der Waals surface area contributed by atoms with Crippen LogP contribution in [0.1, 0.15) is 21.6 Å². The molecule has 0 bridgehead atoms. The van der Waals surface area contributed by atoms with Crippen molar-refractivity contribution in [2.45, 2.75) is 20.1 Å². The highest BCUT2D eigenvalue weighted by Crippen LogP contribution is 2.23. The van der Waals surface area contributed by atoms with Gasteiger partial charge in [0.15, 0.2) is 5.58 Å². The molecule has 3 heterocycles. The minimum absolute atomic E-state index is 0.227. The number of oxazole rings is 1. The maximum atomic E-state index is 13.2. The third-order valence-electron chi connectivity index (χ3n) is 5.93. The number of carbonyl (C=O) groups is 1. The zero-order valence-electron chi connectivity index (χ0n) is 20.4. The predicted molar refractivity (Wildman–Crippen MR) is 138 cm³/mol. The van der Waals surface area contributed by atoms with Crippen LogP contribution in [0.3, 0.4) is 0 Å². The first kappa shape index (κ1) is 23.4. The van der Waals surface area contributed by atoms with Gasteiger partial charge >= 0.3 is 5.76 Å². The van der Waals surface area contributed by atoms with Gasteiger partial charge in [-0.2, -0.15) is 0 Å². The summed E-state index contributed by atoms with van der Waals surface area (Å²) in [6.07, 6.45) is 3.86. The Balaban J connectivity index is 1.34. The lowest BCUT2D eigenvalue weighted by Crippen LogP contribution is -2.23. The zero-order chi connectivity index (χ0) is 25.2. The number of amides is 1. The Morgan fingerprint density at radius 2 is 1.97 bits per heavy atom. The number of pyridine rings is 1. The van der Waals surface area contributed by atoms with Gasteiger partial charge in [0, 0.05) is 31.2 Å². The molecule has 0 aliphatic heterocycles. The zero-order valence-corrected chi connectivity index (χ0v) is 20.4. The summed E-state index contributed by atoms with van der Waals surface area (Å²) in [5, 5.41) is 2.91. The van der Waals surface area contributed by atoms with E-state index in [9.17, 15) is 9.59 Å². The maximum Gasteiger partial charge on any atom is 0.419 e. The van der Waals surface area contributed by atoms with E-state index in [1.54, 1.807) is 41.0 Å². The average molecular weight is 486 g/mol. The first-order chi connectivity index (χ1) is 17.4. The number of hydrogen-bond acceptors (Lipinski definition) is 6. The molecule has 5 aromatic rings. The highest BCUT2D eigenvalue weighted by Gasteiger charge is 2.16. The monoisotopic (exact) mass is 485 g/mol. The van der Waals surface area contributed by atoms with Gasteiger partial charge in [0.2, 0.25) is 0 Å². The van der Waals surface area contributed by atoms with E-state index in [-0.39, 0.29) is 12.5 Å². The van der Waals surface area contributed by atoms with Gasteiger partial charge in [0.1, 0.15) is 18.0 Å². The van der Waals surface area contributed by atoms with E-state index < -0.39 is 5.76 Å². The molecule has 2 aromatic carbocycles. The number of rotatable bonds is 8. The highest BCUT2D eigenvalue weighted by molar-refractivity contribution is 6.06. The third-order valence-corrected chi connectivity index (χ3v) is 5.93. The third kappa shape index (κ3) is 4.73. The molecule has 5 rings (SSSR count). The summed E-state index contributed by atoms with van der Waals surface area (Å²) in [6.45, 7) is 3.40. The van der Waals surface area contributed by atoms with Gasteiger partial charge < -0.3 is 23.8 Å². The summed E-state index contributed by atoms with van der Waals surface area (Å²) >= 11 is 0. The Morgan fingerprint density at radius 3 is 2.78 bits per heavy atom. The first-order valence-corrected chi connectivity index (χ1v) is 11.6. The van der Waals surface area contributed by atoms with E-state index in [1.165, 1.54) is 0 Å². The Hall–Kier alpha value is -4.37. The molecule has 0 radical (unpaired) electrons. The van der Waals surface area contributed by atoms with Crippen LogP contribution in [0.15, 0.2) is 76.2 Å². The molecule has 0 atom stereocenters. The van der Waals surface area contributed by atoms with E-state index in [4.69, 9.17) is 9.15 Å². The number of aromatic nitrogens is 3. The van der Waals surface area contributed by atoms with Crippen LogP contribution in [0.5, 0.6) is 5.75 Å². The molecule has 0 spiro atoms. The van der Waals surface area contributed by atoms with E-state index in [2.05, 4.69) is 10.3 Å². The number of carbonyl (C=O) groups excluding carboxylic acids is 1. The Morgan fingerprint density at radius 1 is 1.14 bits per heavy atom. The molecule has 0 unspecified atom stereocenters. The molecule has 9 nitrogen and oxygen atoms in total. The van der Waals surface area contributed by atoms with Crippen molar-refractivity contribution in [2.24, 2.45) is 0 Å². The number of benzene rings is 2. The molecule has 9 heteroatoms. The van der Waals surface area contributed by atoms with E-state index in [0.717, 1.165) is 16.9 Å². The van der Waals surface area contributed by atoms with Crippen LogP contribution < -0.4 is 15.8 Å². The number of likely N-dealkylation sites (N-methyl/N-ethyl adjacent to an activating group) is 1. The van der Waals surface area contributed by atoms with Crippen molar-refractivity contribution in [3.05, 3.63) is 94.4 Å². The van der Waals surface area contributed by atoms with Crippen molar-refractivity contribution in [3.8, 4) is 5.75 Å². The van der Waals surface area contributed by atoms with Crippen molar-refractivity contribution in [1.82, 2.24) is 18.9 Å². The van der Waals surface area contributed by atoms with Crippen molar-refractivity contribution < 1.29 is 13.9 Å². The van der Waals surface area contributed by atoms with Gasteiger partial charge in [-0.15, -0.1) is 0 Å². The molecular weight excluding hydrogens is 458 g/mol. The number of imidazole rings is 1. The number of anilines is 1. The fourth-order valence-electron chi connectivity index (χ4n) is 4.06. The summed E-state index contributed by atoms with van der Waals surface area (Å²) in [5.41, 5.74) is 4.77. The summed E-state index contributed by atoms with van der Waals surface area (Å²) in [5.74, 6) is -0.284. The summed E-state index contributed by atoms with van der Waals surface area (Å²) < 4.78 is 14.9. The number of para-hydroxylation sites is 1. The van der Waals surface area contributed by atoms with Crippen LogP contribution in [-0.2, 0) is 13.2 Å². The lowest BCUT2D eigenvalue weighted by atomic mass is 10.1. The molecule has 3 aromatic heterocycles. The van der Waals surface area contributed by atoms with Crippen LogP contribution in [0, 0.1) is 6.92 Å². The molecule has 1 N–H and O–H groups in total. The Labute approximate surface area is 207 Å². The molecule has 1 amide bonds. The molecule has 36 heavy (non-hydrogen) atoms. The van der Waals surface area contributed by atoms with Crippen molar-refractivity contribution in [3.63, 3.8) is 0 Å². The topological polar surface area (TPSA) is 94.0 Å². The molecule has 0 fully saturated rings. The van der Waals surface area contributed by atoms with E-state index in [1.807, 2.05) is 60.9 Å². The van der Waals surface area contributed by atoms with Crippen molar-refractivity contribution in [2.75, 3.05) is 26.0 Å². The molecular formula is C27H27N5O4. The summed E-state index contributed by atoms with van der Waals surface area (Å²) in [6, 6.07) is 16.2. The molecule has 0 aliphatic rings. The number of hydrogen-bond donors (Lipinski definition) is 1. The quantitative estimate of drug-likeness (QED) is 0.358. The fourth-order valence-corrected chi connectivity index (χ4v) is 4.06. The van der Waals surface area contributed by atoms with Gasteiger partial charge in [-0.1, -0.05) is 18.2 Å². The van der Waals surface area contributed by atoms with Crippen LogP contribution in [0.2, 0.25) is 0 Å². The van der Waals surface area contributed by atoms with Crippen LogP contribution in [0.25, 0.3) is 16.7 Å². The Bertz CT molecular complexity index is 1610. The van der Waals surface area contributed by atoms with Crippen LogP contribution in [-0.4, -0.2) is 45.4 Å². The standard InChI is InChI=1S/C27H27N5O4/c1-18-7-6-12-31-16-20(28-25(18)31)17-35-23-9-5-4-8-21(23)26(33)29-19-10-11-24-22(15-19)32(27(34)36-24)14-13-30(2)3/h4-12,15-16H,13-14,17H2,1-3H3,(H,29,33). The van der Waals surface area contributed by atoms with Crippen LogP contribution >= 0.6 is 0 Å². The van der Waals surface area contributed by atoms with Gasteiger partial charge in [0.25, 0.3) is 5.91 Å². The van der Waals surface area contributed by atoms with E-state index >= 15 is 0 Å². The fraction of sp³-hybridized carbons (Fsp3) is 0.222. The second-order valence-electron chi connectivity index (χ2n) is 8.90. The molecule has 0 aliphatic carbocycles. The Kier molecular flexibility index (Phi) is 6.30. The lowest BCUT2D eigenvalue weighted by Gasteiger charge is -2.12. The number of fused-ring (bicyclic) bond motifs is 2. The first-order valence-electron chi connectivity index (χ1n) is 11.6. The molecule has 0 saturated carbocycles. The molecule has 0 saturated heterocycles. The number of aryl methyl sites for hydroxylation is 1. The van der Waals surface area contributed by atoms with Gasteiger partial charge in [0.05, 0.1) is 16.8 Å². The lowest BCUT2D eigenvalue weighted by molar-refractivity contribution is 0.102. The SMILES string of the molecule is Cc1cccn2cc(COc3ccccc3C(=O)Nc3ccc4oc(=O)n(CCN(C)C)c4c3)nc12.